The highest BCUT2D eigenvalue weighted by atomic mass is 35.5. The van der Waals surface area contributed by atoms with E-state index in [2.05, 4.69) is 6.92 Å². The average Bonchev–Trinajstić information content (AvgIpc) is 2.42. The lowest BCUT2D eigenvalue weighted by Gasteiger charge is -2.15. The second-order valence-electron chi connectivity index (χ2n) is 4.60. The van der Waals surface area contributed by atoms with E-state index in [4.69, 9.17) is 21.1 Å². The Morgan fingerprint density at radius 2 is 1.89 bits per heavy atom. The smallest absolute Gasteiger partial charge is 0.179 e. The third kappa shape index (κ3) is 4.59. The molecular weight excluding hydrogens is 264 g/mol. The van der Waals surface area contributed by atoms with Crippen molar-refractivity contribution in [1.82, 2.24) is 0 Å². The van der Waals surface area contributed by atoms with Gasteiger partial charge in [0.1, 0.15) is 0 Å². The van der Waals surface area contributed by atoms with E-state index in [1.807, 2.05) is 0 Å². The maximum Gasteiger partial charge on any atom is 0.179 e. The van der Waals surface area contributed by atoms with E-state index < -0.39 is 6.10 Å². The van der Waals surface area contributed by atoms with E-state index in [0.29, 0.717) is 16.5 Å². The molecule has 0 amide bonds. The molecule has 0 aliphatic carbocycles. The predicted octanol–water partition coefficient (Wildman–Crippen LogP) is 4.36. The highest BCUT2D eigenvalue weighted by Crippen LogP contribution is 2.38. The zero-order chi connectivity index (χ0) is 14.3. The lowest BCUT2D eigenvalue weighted by Crippen LogP contribution is -2.00. The van der Waals surface area contributed by atoms with Crippen LogP contribution in [0.3, 0.4) is 0 Å². The second-order valence-corrected chi connectivity index (χ2v) is 5.01. The van der Waals surface area contributed by atoms with Gasteiger partial charge in [0, 0.05) is 0 Å². The molecule has 0 radical (unpaired) electrons. The van der Waals surface area contributed by atoms with Gasteiger partial charge in [-0.25, -0.2) is 0 Å². The molecule has 0 aliphatic rings. The standard InChI is InChI=1S/C15H23ClO3/c1-4-5-6-7-8-13(17)11-9-12(16)15(19-3)14(10-11)18-2/h9-10,13,17H,4-8H2,1-3H3. The van der Waals surface area contributed by atoms with Crippen LogP contribution in [-0.2, 0) is 0 Å². The largest absolute Gasteiger partial charge is 0.493 e. The highest BCUT2D eigenvalue weighted by Gasteiger charge is 2.15. The molecule has 1 N–H and O–H groups in total. The van der Waals surface area contributed by atoms with Crippen molar-refractivity contribution < 1.29 is 14.6 Å². The molecule has 4 heteroatoms. The third-order valence-corrected chi connectivity index (χ3v) is 3.45. The van der Waals surface area contributed by atoms with Crippen molar-refractivity contribution in [1.29, 1.82) is 0 Å². The Morgan fingerprint density at radius 1 is 1.16 bits per heavy atom. The minimum absolute atomic E-state index is 0.462. The summed E-state index contributed by atoms with van der Waals surface area (Å²) < 4.78 is 10.4. The van der Waals surface area contributed by atoms with Crippen LogP contribution in [0, 0.1) is 0 Å². The molecule has 3 nitrogen and oxygen atoms in total. The van der Waals surface area contributed by atoms with E-state index >= 15 is 0 Å². The molecule has 108 valence electrons. The molecule has 0 bridgehead atoms. The number of aliphatic hydroxyl groups excluding tert-OH is 1. The number of methoxy groups -OCH3 is 2. The quantitative estimate of drug-likeness (QED) is 0.722. The van der Waals surface area contributed by atoms with Crippen molar-refractivity contribution in [3.8, 4) is 11.5 Å². The molecule has 1 aromatic rings. The molecule has 0 fully saturated rings. The molecule has 0 aliphatic heterocycles. The van der Waals surface area contributed by atoms with Crippen molar-refractivity contribution in [2.75, 3.05) is 14.2 Å². The Morgan fingerprint density at radius 3 is 2.47 bits per heavy atom. The first kappa shape index (κ1) is 16.1. The Hall–Kier alpha value is -0.930. The highest BCUT2D eigenvalue weighted by molar-refractivity contribution is 6.32. The maximum atomic E-state index is 10.2. The van der Waals surface area contributed by atoms with Gasteiger partial charge in [-0.15, -0.1) is 0 Å². The first-order valence-corrected chi connectivity index (χ1v) is 7.11. The van der Waals surface area contributed by atoms with Crippen molar-refractivity contribution in [3.05, 3.63) is 22.7 Å². The van der Waals surface area contributed by atoms with Gasteiger partial charge < -0.3 is 14.6 Å². The maximum absolute atomic E-state index is 10.2. The van der Waals surface area contributed by atoms with Crippen LogP contribution < -0.4 is 9.47 Å². The fourth-order valence-corrected chi connectivity index (χ4v) is 2.36. The summed E-state index contributed by atoms with van der Waals surface area (Å²) >= 11 is 6.13. The van der Waals surface area contributed by atoms with Crippen LogP contribution >= 0.6 is 11.6 Å². The van der Waals surface area contributed by atoms with Gasteiger partial charge in [0.15, 0.2) is 11.5 Å². The zero-order valence-corrected chi connectivity index (χ0v) is 12.7. The van der Waals surface area contributed by atoms with E-state index in [0.717, 1.165) is 24.8 Å². The number of ether oxygens (including phenoxy) is 2. The van der Waals surface area contributed by atoms with E-state index in [1.54, 1.807) is 26.4 Å². The Labute approximate surface area is 120 Å². The van der Waals surface area contributed by atoms with Gasteiger partial charge in [-0.05, 0) is 24.1 Å². The van der Waals surface area contributed by atoms with Crippen LogP contribution in [0.25, 0.3) is 0 Å². The Bertz CT molecular complexity index is 393. The third-order valence-electron chi connectivity index (χ3n) is 3.17. The van der Waals surface area contributed by atoms with Crippen molar-refractivity contribution in [2.24, 2.45) is 0 Å². The summed E-state index contributed by atoms with van der Waals surface area (Å²) in [5.41, 5.74) is 0.777. The van der Waals surface area contributed by atoms with E-state index in [9.17, 15) is 5.11 Å². The van der Waals surface area contributed by atoms with Crippen LogP contribution in [0.4, 0.5) is 0 Å². The molecule has 0 aromatic heterocycles. The summed E-state index contributed by atoms with van der Waals surface area (Å²) in [6, 6.07) is 3.53. The summed E-state index contributed by atoms with van der Waals surface area (Å²) in [6.45, 7) is 2.17. The van der Waals surface area contributed by atoms with Crippen molar-refractivity contribution in [2.45, 2.75) is 45.1 Å². The van der Waals surface area contributed by atoms with E-state index in [-0.39, 0.29) is 0 Å². The van der Waals surface area contributed by atoms with Gasteiger partial charge in [0.25, 0.3) is 0 Å². The fraction of sp³-hybridized carbons (Fsp3) is 0.600. The molecule has 0 heterocycles. The Balaban J connectivity index is 2.74. The number of halogens is 1. The van der Waals surface area contributed by atoms with Gasteiger partial charge >= 0.3 is 0 Å². The van der Waals surface area contributed by atoms with Gasteiger partial charge in [-0.1, -0.05) is 44.2 Å². The number of unbranched alkanes of at least 4 members (excludes halogenated alkanes) is 3. The average molecular weight is 287 g/mol. The first-order chi connectivity index (χ1) is 9.13. The van der Waals surface area contributed by atoms with Crippen LogP contribution in [0.2, 0.25) is 5.02 Å². The molecule has 1 rings (SSSR count). The molecule has 0 spiro atoms. The van der Waals surface area contributed by atoms with E-state index in [1.165, 1.54) is 12.8 Å². The van der Waals surface area contributed by atoms with Crippen molar-refractivity contribution in [3.63, 3.8) is 0 Å². The normalized spacial score (nSPS) is 12.3. The summed E-state index contributed by atoms with van der Waals surface area (Å²) in [6.07, 6.45) is 4.80. The number of benzene rings is 1. The molecule has 19 heavy (non-hydrogen) atoms. The molecule has 1 aromatic carbocycles. The lowest BCUT2D eigenvalue weighted by molar-refractivity contribution is 0.163. The van der Waals surface area contributed by atoms with Crippen LogP contribution in [-0.4, -0.2) is 19.3 Å². The monoisotopic (exact) mass is 286 g/mol. The van der Waals surface area contributed by atoms with Gasteiger partial charge in [0.05, 0.1) is 25.3 Å². The van der Waals surface area contributed by atoms with Gasteiger partial charge in [-0.3, -0.25) is 0 Å². The minimum atomic E-state index is -0.505. The second kappa shape index (κ2) is 8.28. The molecule has 1 atom stereocenters. The molecule has 1 unspecified atom stereocenters. The Kier molecular flexibility index (Phi) is 7.03. The minimum Gasteiger partial charge on any atom is -0.493 e. The van der Waals surface area contributed by atoms with Crippen LogP contribution in [0.5, 0.6) is 11.5 Å². The lowest BCUT2D eigenvalue weighted by atomic mass is 10.0. The number of aliphatic hydroxyl groups is 1. The topological polar surface area (TPSA) is 38.7 Å². The molecule has 0 saturated heterocycles. The zero-order valence-electron chi connectivity index (χ0n) is 11.9. The van der Waals surface area contributed by atoms with Gasteiger partial charge in [-0.2, -0.15) is 0 Å². The summed E-state index contributed by atoms with van der Waals surface area (Å²) in [5, 5.41) is 10.6. The van der Waals surface area contributed by atoms with Crippen molar-refractivity contribution >= 4 is 11.6 Å². The number of rotatable bonds is 8. The molecular formula is C15H23ClO3. The number of hydrogen-bond acceptors (Lipinski definition) is 3. The fourth-order valence-electron chi connectivity index (χ4n) is 2.06. The predicted molar refractivity (Wildman–Crippen MR) is 78.3 cm³/mol. The SMILES string of the molecule is CCCCCCC(O)c1cc(Cl)c(OC)c(OC)c1. The first-order valence-electron chi connectivity index (χ1n) is 6.73. The summed E-state index contributed by atoms with van der Waals surface area (Å²) in [7, 11) is 3.11. The van der Waals surface area contributed by atoms with Crippen LogP contribution in [0.1, 0.15) is 50.7 Å². The molecule has 0 saturated carbocycles. The van der Waals surface area contributed by atoms with Crippen LogP contribution in [0.15, 0.2) is 12.1 Å². The van der Waals surface area contributed by atoms with Gasteiger partial charge in [0.2, 0.25) is 0 Å². The summed E-state index contributed by atoms with van der Waals surface area (Å²) in [5.74, 6) is 1.06. The number of hydrogen-bond donors (Lipinski definition) is 1. The summed E-state index contributed by atoms with van der Waals surface area (Å²) in [4.78, 5) is 0.